The predicted octanol–water partition coefficient (Wildman–Crippen LogP) is 1.06. The van der Waals surface area contributed by atoms with Gasteiger partial charge in [0.05, 0.1) is 22.6 Å². The van der Waals surface area contributed by atoms with Crippen LogP contribution in [0.3, 0.4) is 0 Å². The van der Waals surface area contributed by atoms with Crippen molar-refractivity contribution in [1.29, 1.82) is 0 Å². The lowest BCUT2D eigenvalue weighted by Crippen LogP contribution is -2.23. The molecule has 0 atom stereocenters. The zero-order valence-corrected chi connectivity index (χ0v) is 12.3. The van der Waals surface area contributed by atoms with Gasteiger partial charge in [0.15, 0.2) is 9.84 Å². The number of nitrogens with one attached hydrogen (secondary N) is 1. The second-order valence-electron chi connectivity index (χ2n) is 4.23. The van der Waals surface area contributed by atoms with Crippen molar-refractivity contribution in [2.24, 2.45) is 0 Å². The average Bonchev–Trinajstić information content (AvgIpc) is 2.87. The van der Waals surface area contributed by atoms with Crippen LogP contribution in [0.2, 0.25) is 0 Å². The number of benzene rings is 1. The van der Waals surface area contributed by atoms with Crippen molar-refractivity contribution in [3.05, 3.63) is 40.3 Å². The van der Waals surface area contributed by atoms with Crippen LogP contribution in [0.4, 0.5) is 5.69 Å². The Hall–Kier alpha value is -1.93. The van der Waals surface area contributed by atoms with Crippen LogP contribution in [0.1, 0.15) is 16.1 Å². The van der Waals surface area contributed by atoms with Crippen molar-refractivity contribution in [2.45, 2.75) is 11.4 Å². The maximum Gasteiger partial charge on any atom is 0.251 e. The predicted molar refractivity (Wildman–Crippen MR) is 77.2 cm³/mol. The van der Waals surface area contributed by atoms with E-state index in [1.54, 1.807) is 5.51 Å². The highest BCUT2D eigenvalue weighted by Crippen LogP contribution is 2.17. The monoisotopic (exact) mass is 311 g/mol. The molecule has 6 nitrogen and oxygen atoms in total. The molecule has 1 heterocycles. The summed E-state index contributed by atoms with van der Waals surface area (Å²) >= 11 is 1.43. The minimum Gasteiger partial charge on any atom is -0.399 e. The van der Waals surface area contributed by atoms with Crippen LogP contribution in [-0.2, 0) is 16.4 Å². The third-order valence-corrected chi connectivity index (χ3v) is 4.26. The van der Waals surface area contributed by atoms with E-state index in [4.69, 9.17) is 5.73 Å². The van der Waals surface area contributed by atoms with E-state index < -0.39 is 15.7 Å². The van der Waals surface area contributed by atoms with Gasteiger partial charge in [-0.3, -0.25) is 4.79 Å². The molecule has 0 aliphatic heterocycles. The fourth-order valence-corrected chi connectivity index (χ4v) is 2.81. The number of carbonyl (C=O) groups excluding carboxylic acids is 1. The standard InChI is InChI=1S/C12H13N3O3S2/c1-20(17,18)11-3-8(2-9(13)4-11)12(16)14-5-10-6-19-7-15-10/h2-4,6-7H,5,13H2,1H3,(H,14,16). The Bertz CT molecular complexity index is 724. The van der Waals surface area contributed by atoms with Crippen molar-refractivity contribution in [1.82, 2.24) is 10.3 Å². The van der Waals surface area contributed by atoms with Gasteiger partial charge in [0, 0.05) is 22.9 Å². The number of rotatable bonds is 4. The first-order valence-electron chi connectivity index (χ1n) is 5.62. The Labute approximate surface area is 120 Å². The molecule has 1 aromatic heterocycles. The first-order valence-corrected chi connectivity index (χ1v) is 8.45. The van der Waals surface area contributed by atoms with Gasteiger partial charge in [0.25, 0.3) is 5.91 Å². The molecule has 0 unspecified atom stereocenters. The Morgan fingerprint density at radius 2 is 2.15 bits per heavy atom. The van der Waals surface area contributed by atoms with E-state index in [9.17, 15) is 13.2 Å². The minimum absolute atomic E-state index is 0.0244. The number of amides is 1. The molecular weight excluding hydrogens is 298 g/mol. The number of aromatic nitrogens is 1. The maximum absolute atomic E-state index is 12.0. The summed E-state index contributed by atoms with van der Waals surface area (Å²) in [5.41, 5.74) is 8.48. The number of nitrogens with zero attached hydrogens (tertiary/aromatic N) is 1. The summed E-state index contributed by atoms with van der Waals surface area (Å²) in [6.07, 6.45) is 1.07. The van der Waals surface area contributed by atoms with Crippen molar-refractivity contribution >= 4 is 32.8 Å². The van der Waals surface area contributed by atoms with Crippen LogP contribution in [0, 0.1) is 0 Å². The Morgan fingerprint density at radius 3 is 2.75 bits per heavy atom. The number of nitrogens with two attached hydrogens (primary N) is 1. The van der Waals surface area contributed by atoms with Gasteiger partial charge in [-0.15, -0.1) is 11.3 Å². The van der Waals surface area contributed by atoms with E-state index in [0.717, 1.165) is 11.9 Å². The number of thiazole rings is 1. The smallest absolute Gasteiger partial charge is 0.251 e. The third kappa shape index (κ3) is 3.55. The largest absolute Gasteiger partial charge is 0.399 e. The van der Waals surface area contributed by atoms with Gasteiger partial charge in [0.1, 0.15) is 0 Å². The van der Waals surface area contributed by atoms with E-state index >= 15 is 0 Å². The number of anilines is 1. The van der Waals surface area contributed by atoms with Crippen LogP contribution in [0.5, 0.6) is 0 Å². The highest BCUT2D eigenvalue weighted by Gasteiger charge is 2.13. The summed E-state index contributed by atoms with van der Waals surface area (Å²) in [6.45, 7) is 0.283. The molecule has 3 N–H and O–H groups in total. The molecule has 2 aromatic rings. The summed E-state index contributed by atoms with van der Waals surface area (Å²) in [7, 11) is -3.41. The van der Waals surface area contributed by atoms with Gasteiger partial charge in [-0.05, 0) is 18.2 Å². The second kappa shape index (κ2) is 5.59. The molecular formula is C12H13N3O3S2. The van der Waals surface area contributed by atoms with Crippen molar-refractivity contribution in [3.63, 3.8) is 0 Å². The fourth-order valence-electron chi connectivity index (χ4n) is 1.56. The van der Waals surface area contributed by atoms with Gasteiger partial charge in [-0.25, -0.2) is 13.4 Å². The van der Waals surface area contributed by atoms with E-state index in [1.165, 1.54) is 29.5 Å². The number of sulfone groups is 1. The summed E-state index contributed by atoms with van der Waals surface area (Å²) < 4.78 is 23.0. The molecule has 0 aliphatic rings. The van der Waals surface area contributed by atoms with Crippen molar-refractivity contribution in [3.8, 4) is 0 Å². The normalized spacial score (nSPS) is 11.2. The first-order chi connectivity index (χ1) is 9.36. The Kier molecular flexibility index (Phi) is 4.05. The zero-order valence-electron chi connectivity index (χ0n) is 10.7. The third-order valence-electron chi connectivity index (χ3n) is 2.53. The lowest BCUT2D eigenvalue weighted by molar-refractivity contribution is 0.0950. The Balaban J connectivity index is 2.19. The molecule has 2 rings (SSSR count). The van der Waals surface area contributed by atoms with Crippen molar-refractivity contribution < 1.29 is 13.2 Å². The molecule has 106 valence electrons. The van der Waals surface area contributed by atoms with Gasteiger partial charge < -0.3 is 11.1 Å². The number of hydrogen-bond donors (Lipinski definition) is 2. The molecule has 0 spiro atoms. The number of nitrogen functional groups attached to an aromatic ring is 1. The lowest BCUT2D eigenvalue weighted by Gasteiger charge is -2.07. The van der Waals surface area contributed by atoms with E-state index in [1.807, 2.05) is 5.38 Å². The van der Waals surface area contributed by atoms with Crippen LogP contribution in [0.15, 0.2) is 34.0 Å². The van der Waals surface area contributed by atoms with Crippen LogP contribution < -0.4 is 11.1 Å². The lowest BCUT2D eigenvalue weighted by atomic mass is 10.2. The second-order valence-corrected chi connectivity index (χ2v) is 6.96. The summed E-state index contributed by atoms with van der Waals surface area (Å²) in [5.74, 6) is -0.393. The van der Waals surface area contributed by atoms with Crippen LogP contribution in [0.25, 0.3) is 0 Å². The van der Waals surface area contributed by atoms with E-state index in [2.05, 4.69) is 10.3 Å². The maximum atomic E-state index is 12.0. The van der Waals surface area contributed by atoms with E-state index in [-0.39, 0.29) is 22.7 Å². The molecule has 0 radical (unpaired) electrons. The zero-order chi connectivity index (χ0) is 14.8. The van der Waals surface area contributed by atoms with Gasteiger partial charge in [-0.2, -0.15) is 0 Å². The Morgan fingerprint density at radius 1 is 1.40 bits per heavy atom. The summed E-state index contributed by atoms with van der Waals surface area (Å²) in [4.78, 5) is 16.0. The molecule has 0 fully saturated rings. The fraction of sp³-hybridized carbons (Fsp3) is 0.167. The minimum atomic E-state index is -3.41. The SMILES string of the molecule is CS(=O)(=O)c1cc(N)cc(C(=O)NCc2cscn2)c1. The molecule has 20 heavy (non-hydrogen) atoms. The van der Waals surface area contributed by atoms with E-state index in [0.29, 0.717) is 0 Å². The average molecular weight is 311 g/mol. The number of hydrogen-bond acceptors (Lipinski definition) is 6. The molecule has 0 bridgehead atoms. The topological polar surface area (TPSA) is 102 Å². The molecule has 1 aromatic carbocycles. The number of carbonyl (C=O) groups is 1. The molecule has 8 heteroatoms. The van der Waals surface area contributed by atoms with Gasteiger partial charge in [0.2, 0.25) is 0 Å². The molecule has 0 aliphatic carbocycles. The highest BCUT2D eigenvalue weighted by molar-refractivity contribution is 7.90. The van der Waals surface area contributed by atoms with Crippen LogP contribution >= 0.6 is 11.3 Å². The molecule has 0 saturated carbocycles. The van der Waals surface area contributed by atoms with Gasteiger partial charge in [-0.1, -0.05) is 0 Å². The molecule has 0 saturated heterocycles. The quantitative estimate of drug-likeness (QED) is 0.822. The van der Waals surface area contributed by atoms with Crippen molar-refractivity contribution in [2.75, 3.05) is 12.0 Å². The first kappa shape index (κ1) is 14.5. The molecule has 1 amide bonds. The van der Waals surface area contributed by atoms with Crippen LogP contribution in [-0.4, -0.2) is 25.6 Å². The summed E-state index contributed by atoms with van der Waals surface area (Å²) in [6, 6.07) is 4.07. The highest BCUT2D eigenvalue weighted by atomic mass is 32.2. The summed E-state index contributed by atoms with van der Waals surface area (Å²) in [5, 5.41) is 4.48. The van der Waals surface area contributed by atoms with Gasteiger partial charge >= 0.3 is 0 Å².